The van der Waals surface area contributed by atoms with Gasteiger partial charge in [0, 0.05) is 37.6 Å². The average molecular weight is 390 g/mol. The number of hydrogen-bond acceptors (Lipinski definition) is 7. The lowest BCUT2D eigenvalue weighted by Crippen LogP contribution is -2.29. The number of sulfonamides is 1. The van der Waals surface area contributed by atoms with E-state index in [9.17, 15) is 8.42 Å². The van der Waals surface area contributed by atoms with Crippen molar-refractivity contribution in [1.82, 2.24) is 34.0 Å². The highest BCUT2D eigenvalue weighted by Crippen LogP contribution is 2.10. The second-order valence-electron chi connectivity index (χ2n) is 6.24. The summed E-state index contributed by atoms with van der Waals surface area (Å²) in [5.74, 6) is 1.21. The van der Waals surface area contributed by atoms with Crippen LogP contribution in [0, 0.1) is 6.92 Å². The van der Waals surface area contributed by atoms with E-state index in [1.807, 2.05) is 33.0 Å². The van der Waals surface area contributed by atoms with Gasteiger partial charge < -0.3 is 9.88 Å². The van der Waals surface area contributed by atoms with E-state index in [0.29, 0.717) is 18.2 Å². The molecule has 0 aromatic carbocycles. The minimum Gasteiger partial charge on any atom is -0.369 e. The Morgan fingerprint density at radius 1 is 1.19 bits per heavy atom. The zero-order valence-electron chi connectivity index (χ0n) is 15.4. The molecule has 27 heavy (non-hydrogen) atoms. The summed E-state index contributed by atoms with van der Waals surface area (Å²) in [6, 6.07) is 3.77. The van der Waals surface area contributed by atoms with Gasteiger partial charge in [-0.1, -0.05) is 0 Å². The minimum absolute atomic E-state index is 0.00887. The number of aryl methyl sites for hydroxylation is 1. The Kier molecular flexibility index (Phi) is 5.51. The van der Waals surface area contributed by atoms with Crippen molar-refractivity contribution in [3.05, 3.63) is 42.9 Å². The zero-order chi connectivity index (χ0) is 19.4. The quantitative estimate of drug-likeness (QED) is 0.553. The fourth-order valence-electron chi connectivity index (χ4n) is 2.30. The number of anilines is 1. The van der Waals surface area contributed by atoms with Crippen LogP contribution in [0.2, 0.25) is 0 Å². The lowest BCUT2D eigenvalue weighted by molar-refractivity contribution is 0.577. The van der Waals surface area contributed by atoms with Gasteiger partial charge in [-0.3, -0.25) is 0 Å². The van der Waals surface area contributed by atoms with Crippen molar-refractivity contribution in [2.24, 2.45) is 0 Å². The normalized spacial score (nSPS) is 11.9. The highest BCUT2D eigenvalue weighted by molar-refractivity contribution is 7.89. The highest BCUT2D eigenvalue weighted by Gasteiger charge is 2.17. The summed E-state index contributed by atoms with van der Waals surface area (Å²) in [6.07, 6.45) is 6.27. The highest BCUT2D eigenvalue weighted by atomic mass is 32.2. The Morgan fingerprint density at radius 2 is 2.00 bits per heavy atom. The van der Waals surface area contributed by atoms with Crippen LogP contribution in [0.5, 0.6) is 0 Å². The summed E-state index contributed by atoms with van der Waals surface area (Å²) in [4.78, 5) is 12.3. The van der Waals surface area contributed by atoms with E-state index < -0.39 is 10.0 Å². The summed E-state index contributed by atoms with van der Waals surface area (Å²) >= 11 is 0. The van der Waals surface area contributed by atoms with E-state index in [2.05, 4.69) is 30.1 Å². The molecule has 0 saturated carbocycles. The maximum atomic E-state index is 12.3. The van der Waals surface area contributed by atoms with Crippen molar-refractivity contribution < 1.29 is 8.42 Å². The smallest absolute Gasteiger partial charge is 0.259 e. The third kappa shape index (κ3) is 4.68. The first-order valence-corrected chi connectivity index (χ1v) is 9.95. The molecule has 3 aromatic rings. The van der Waals surface area contributed by atoms with Crippen LogP contribution in [-0.4, -0.2) is 50.8 Å². The van der Waals surface area contributed by atoms with E-state index >= 15 is 0 Å². The van der Waals surface area contributed by atoms with E-state index in [1.54, 1.807) is 15.3 Å². The first-order chi connectivity index (χ1) is 12.8. The molecule has 3 aromatic heterocycles. The molecule has 0 radical (unpaired) electrons. The van der Waals surface area contributed by atoms with Crippen molar-refractivity contribution in [1.29, 1.82) is 0 Å². The molecule has 0 unspecified atom stereocenters. The number of hydrogen-bond donors (Lipinski definition) is 2. The van der Waals surface area contributed by atoms with Gasteiger partial charge in [0.05, 0.1) is 12.0 Å². The molecule has 11 heteroatoms. The molecule has 0 spiro atoms. The summed E-state index contributed by atoms with van der Waals surface area (Å²) in [7, 11) is -3.64. The van der Waals surface area contributed by atoms with Crippen molar-refractivity contribution in [2.75, 3.05) is 18.4 Å². The summed E-state index contributed by atoms with van der Waals surface area (Å²) in [5, 5.41) is 7.37. The molecule has 144 valence electrons. The van der Waals surface area contributed by atoms with Gasteiger partial charge in [0.15, 0.2) is 10.8 Å². The van der Waals surface area contributed by atoms with Gasteiger partial charge >= 0.3 is 0 Å². The Bertz CT molecular complexity index is 1010. The Hall–Kier alpha value is -2.79. The van der Waals surface area contributed by atoms with E-state index in [4.69, 9.17) is 0 Å². The molecular formula is C16H22N8O2S. The van der Waals surface area contributed by atoms with E-state index in [0.717, 1.165) is 5.69 Å². The van der Waals surface area contributed by atoms with Crippen LogP contribution in [0.4, 0.5) is 5.82 Å². The molecule has 10 nitrogen and oxygen atoms in total. The van der Waals surface area contributed by atoms with Crippen molar-refractivity contribution >= 4 is 15.8 Å². The van der Waals surface area contributed by atoms with Gasteiger partial charge in [0.2, 0.25) is 0 Å². The third-order valence-corrected chi connectivity index (χ3v) is 5.13. The van der Waals surface area contributed by atoms with Gasteiger partial charge in [-0.05, 0) is 26.8 Å². The summed E-state index contributed by atoms with van der Waals surface area (Å²) in [6.45, 7) is 6.36. The Balaban J connectivity index is 1.55. The Labute approximate surface area is 157 Å². The summed E-state index contributed by atoms with van der Waals surface area (Å²) < 4.78 is 30.4. The lowest BCUT2D eigenvalue weighted by atomic mass is 10.4. The van der Waals surface area contributed by atoms with Crippen molar-refractivity contribution in [3.8, 4) is 5.82 Å². The third-order valence-electron chi connectivity index (χ3n) is 3.78. The van der Waals surface area contributed by atoms with Crippen LogP contribution in [0.25, 0.3) is 5.82 Å². The van der Waals surface area contributed by atoms with E-state index in [-0.39, 0.29) is 17.6 Å². The molecule has 0 fully saturated rings. The molecule has 3 heterocycles. The van der Waals surface area contributed by atoms with Crippen molar-refractivity contribution in [3.63, 3.8) is 0 Å². The van der Waals surface area contributed by atoms with Gasteiger partial charge in [-0.25, -0.2) is 32.8 Å². The van der Waals surface area contributed by atoms with Crippen LogP contribution in [0.15, 0.2) is 42.2 Å². The largest absolute Gasteiger partial charge is 0.369 e. The molecule has 0 aliphatic heterocycles. The number of imidazole rings is 1. The SMILES string of the molecule is Cc1ccn(-c2cc(NCCNS(=O)(=O)c3cn(C(C)C)cn3)ncn2)n1. The minimum atomic E-state index is -3.64. The molecule has 2 N–H and O–H groups in total. The number of aromatic nitrogens is 6. The second-order valence-corrected chi connectivity index (χ2v) is 7.95. The fourth-order valence-corrected chi connectivity index (χ4v) is 3.27. The van der Waals surface area contributed by atoms with Gasteiger partial charge in [0.1, 0.15) is 12.1 Å². The summed E-state index contributed by atoms with van der Waals surface area (Å²) in [5.41, 5.74) is 0.887. The first-order valence-electron chi connectivity index (χ1n) is 8.47. The van der Waals surface area contributed by atoms with Crippen LogP contribution in [0.1, 0.15) is 25.6 Å². The van der Waals surface area contributed by atoms with Gasteiger partial charge in [-0.2, -0.15) is 5.10 Å². The predicted molar refractivity (Wildman–Crippen MR) is 100 cm³/mol. The average Bonchev–Trinajstić information content (AvgIpc) is 3.29. The van der Waals surface area contributed by atoms with Crippen LogP contribution >= 0.6 is 0 Å². The van der Waals surface area contributed by atoms with E-state index in [1.165, 1.54) is 18.9 Å². The van der Waals surface area contributed by atoms with Gasteiger partial charge in [0.25, 0.3) is 10.0 Å². The molecule has 0 atom stereocenters. The maximum absolute atomic E-state index is 12.3. The molecule has 0 bridgehead atoms. The lowest BCUT2D eigenvalue weighted by Gasteiger charge is -2.08. The van der Waals surface area contributed by atoms with Crippen LogP contribution in [-0.2, 0) is 10.0 Å². The maximum Gasteiger partial charge on any atom is 0.259 e. The molecule has 0 amide bonds. The predicted octanol–water partition coefficient (Wildman–Crippen LogP) is 1.14. The molecule has 0 aliphatic carbocycles. The van der Waals surface area contributed by atoms with Crippen molar-refractivity contribution in [2.45, 2.75) is 31.8 Å². The zero-order valence-corrected chi connectivity index (χ0v) is 16.2. The number of nitrogens with zero attached hydrogens (tertiary/aromatic N) is 6. The fraction of sp³-hybridized carbons (Fsp3) is 0.375. The monoisotopic (exact) mass is 390 g/mol. The molecule has 0 saturated heterocycles. The standard InChI is InChI=1S/C16H22N8O2S/c1-12(2)23-9-16(20-11-23)27(25,26)21-6-5-17-14-8-15(19-10-18-14)24-7-4-13(3)22-24/h4,7-12,21H,5-6H2,1-3H3,(H,17,18,19). The van der Waals surface area contributed by atoms with Crippen LogP contribution in [0.3, 0.4) is 0 Å². The molecular weight excluding hydrogens is 368 g/mol. The molecule has 0 aliphatic rings. The number of nitrogens with one attached hydrogen (secondary N) is 2. The topological polar surface area (TPSA) is 120 Å². The van der Waals surface area contributed by atoms with Crippen LogP contribution < -0.4 is 10.0 Å². The molecule has 3 rings (SSSR count). The van der Waals surface area contributed by atoms with Gasteiger partial charge in [-0.15, -0.1) is 0 Å². The Morgan fingerprint density at radius 3 is 2.67 bits per heavy atom. The first kappa shape index (κ1) is 19.0. The second kappa shape index (κ2) is 7.84. The number of rotatable bonds is 8.